The van der Waals surface area contributed by atoms with E-state index in [0.29, 0.717) is 6.61 Å². The number of unbranched alkanes of at least 4 members (excludes halogenated alkanes) is 15. The summed E-state index contributed by atoms with van der Waals surface area (Å²) < 4.78 is 18.7. The van der Waals surface area contributed by atoms with E-state index in [9.17, 15) is 0 Å². The lowest BCUT2D eigenvalue weighted by Crippen LogP contribution is -2.03. The minimum atomic E-state index is -1.49. The van der Waals surface area contributed by atoms with Crippen molar-refractivity contribution in [2.75, 3.05) is 6.61 Å². The molecule has 0 N–H and O–H groups in total. The predicted octanol–water partition coefficient (Wildman–Crippen LogP) is 11.6. The molecule has 2 aromatic rings. The van der Waals surface area contributed by atoms with Gasteiger partial charge in [0, 0.05) is 0 Å². The Kier molecular flexibility index (Phi) is 19.2. The smallest absolute Gasteiger partial charge is 0.418 e. The SMILES string of the molecule is CCCCCCCCCCCCOP(Oc1ccccc1)Oc1ccccc1CCCCCCCCC. The van der Waals surface area contributed by atoms with Gasteiger partial charge in [0.05, 0.1) is 6.61 Å². The molecule has 0 aliphatic heterocycles. The van der Waals surface area contributed by atoms with Gasteiger partial charge < -0.3 is 9.05 Å². The fraction of sp³-hybridized carbons (Fsp3) is 0.636. The van der Waals surface area contributed by atoms with Crippen LogP contribution in [0.2, 0.25) is 0 Å². The molecule has 0 saturated heterocycles. The van der Waals surface area contributed by atoms with Gasteiger partial charge in [-0.15, -0.1) is 0 Å². The summed E-state index contributed by atoms with van der Waals surface area (Å²) in [4.78, 5) is 0. The Morgan fingerprint density at radius 2 is 1.03 bits per heavy atom. The van der Waals surface area contributed by atoms with Crippen molar-refractivity contribution in [2.45, 2.75) is 129 Å². The molecule has 0 amide bonds. The minimum Gasteiger partial charge on any atom is -0.418 e. The van der Waals surface area contributed by atoms with Crippen molar-refractivity contribution in [3.8, 4) is 11.5 Å². The van der Waals surface area contributed by atoms with Crippen molar-refractivity contribution < 1.29 is 13.6 Å². The monoisotopic (exact) mass is 528 g/mol. The molecular formula is C33H53O3P. The Bertz CT molecular complexity index is 767. The molecule has 0 aliphatic carbocycles. The van der Waals surface area contributed by atoms with Crippen LogP contribution in [0.15, 0.2) is 54.6 Å². The molecule has 2 rings (SSSR count). The van der Waals surface area contributed by atoms with E-state index in [1.807, 2.05) is 36.4 Å². The summed E-state index contributed by atoms with van der Waals surface area (Å²) in [5.74, 6) is 1.69. The third-order valence-electron chi connectivity index (χ3n) is 6.81. The van der Waals surface area contributed by atoms with E-state index in [4.69, 9.17) is 13.6 Å². The van der Waals surface area contributed by atoms with Gasteiger partial charge in [0.25, 0.3) is 0 Å². The van der Waals surface area contributed by atoms with Crippen LogP contribution in [-0.2, 0) is 10.9 Å². The Balaban J connectivity index is 1.76. The predicted molar refractivity (Wildman–Crippen MR) is 161 cm³/mol. The van der Waals surface area contributed by atoms with Crippen LogP contribution in [0.25, 0.3) is 0 Å². The number of hydrogen-bond donors (Lipinski definition) is 0. The van der Waals surface area contributed by atoms with Crippen LogP contribution in [0, 0.1) is 0 Å². The maximum absolute atomic E-state index is 6.37. The molecule has 37 heavy (non-hydrogen) atoms. The van der Waals surface area contributed by atoms with Gasteiger partial charge in [-0.3, -0.25) is 4.52 Å². The van der Waals surface area contributed by atoms with Crippen LogP contribution in [0.5, 0.6) is 11.5 Å². The zero-order chi connectivity index (χ0) is 26.2. The first-order chi connectivity index (χ1) is 18.3. The number of hydrogen-bond acceptors (Lipinski definition) is 3. The molecule has 2 aromatic carbocycles. The fourth-order valence-electron chi connectivity index (χ4n) is 4.52. The summed E-state index contributed by atoms with van der Waals surface area (Å²) in [7, 11) is -1.49. The average Bonchev–Trinajstić information content (AvgIpc) is 2.92. The molecule has 0 radical (unpaired) electrons. The van der Waals surface area contributed by atoms with Crippen molar-refractivity contribution in [1.82, 2.24) is 0 Å². The molecule has 4 heteroatoms. The second-order valence-electron chi connectivity index (χ2n) is 10.2. The normalized spacial score (nSPS) is 11.9. The molecular weight excluding hydrogens is 475 g/mol. The van der Waals surface area contributed by atoms with Crippen LogP contribution in [-0.4, -0.2) is 6.61 Å². The molecule has 0 aromatic heterocycles. The lowest BCUT2D eigenvalue weighted by atomic mass is 10.0. The Morgan fingerprint density at radius 3 is 1.65 bits per heavy atom. The lowest BCUT2D eigenvalue weighted by Gasteiger charge is -2.19. The minimum absolute atomic E-state index is 0.676. The van der Waals surface area contributed by atoms with Crippen LogP contribution < -0.4 is 9.05 Å². The van der Waals surface area contributed by atoms with Crippen LogP contribution >= 0.6 is 8.60 Å². The Labute approximate surface area is 229 Å². The van der Waals surface area contributed by atoms with E-state index in [2.05, 4.69) is 32.0 Å². The summed E-state index contributed by atoms with van der Waals surface area (Å²) in [6.07, 6.45) is 23.4. The van der Waals surface area contributed by atoms with Crippen LogP contribution in [0.4, 0.5) is 0 Å². The van der Waals surface area contributed by atoms with Crippen molar-refractivity contribution in [2.24, 2.45) is 0 Å². The first-order valence-corrected chi connectivity index (χ1v) is 16.3. The second-order valence-corrected chi connectivity index (χ2v) is 11.3. The fourth-order valence-corrected chi connectivity index (χ4v) is 5.57. The molecule has 0 aliphatic rings. The summed E-state index contributed by atoms with van der Waals surface area (Å²) in [5.41, 5.74) is 1.25. The number of benzene rings is 2. The van der Waals surface area contributed by atoms with E-state index < -0.39 is 8.60 Å². The van der Waals surface area contributed by atoms with E-state index in [1.54, 1.807) is 0 Å². The zero-order valence-electron chi connectivity index (χ0n) is 23.8. The highest BCUT2D eigenvalue weighted by atomic mass is 31.2. The summed E-state index contributed by atoms with van der Waals surface area (Å²) in [5, 5.41) is 0. The number of aryl methyl sites for hydroxylation is 1. The molecule has 1 unspecified atom stereocenters. The van der Waals surface area contributed by atoms with E-state index >= 15 is 0 Å². The van der Waals surface area contributed by atoms with E-state index in [1.165, 1.54) is 108 Å². The van der Waals surface area contributed by atoms with Gasteiger partial charge in [0.2, 0.25) is 0 Å². The van der Waals surface area contributed by atoms with Gasteiger partial charge >= 0.3 is 8.60 Å². The quantitative estimate of drug-likeness (QED) is 0.100. The molecule has 1 atom stereocenters. The highest BCUT2D eigenvalue weighted by Crippen LogP contribution is 2.43. The zero-order valence-corrected chi connectivity index (χ0v) is 24.7. The van der Waals surface area contributed by atoms with Gasteiger partial charge in [0.1, 0.15) is 11.5 Å². The van der Waals surface area contributed by atoms with Crippen molar-refractivity contribution >= 4 is 8.60 Å². The van der Waals surface area contributed by atoms with Crippen molar-refractivity contribution in [1.29, 1.82) is 0 Å². The topological polar surface area (TPSA) is 27.7 Å². The standard InChI is InChI=1S/C33H53O3P/c1-3-5-7-9-11-12-13-15-17-24-30-34-37(35-32-27-20-18-21-28-32)36-33-29-23-22-26-31(33)25-19-16-14-10-8-6-4-2/h18,20-23,26-29H,3-17,19,24-25,30H2,1-2H3. The maximum atomic E-state index is 6.37. The molecule has 0 fully saturated rings. The van der Waals surface area contributed by atoms with Crippen molar-refractivity contribution in [3.05, 3.63) is 60.2 Å². The molecule has 3 nitrogen and oxygen atoms in total. The van der Waals surface area contributed by atoms with Crippen LogP contribution in [0.1, 0.15) is 129 Å². The van der Waals surface area contributed by atoms with Gasteiger partial charge in [0.15, 0.2) is 0 Å². The summed E-state index contributed by atoms with van der Waals surface area (Å²) >= 11 is 0. The lowest BCUT2D eigenvalue weighted by molar-refractivity contribution is 0.257. The molecule has 0 saturated carbocycles. The summed E-state index contributed by atoms with van der Waals surface area (Å²) in [6, 6.07) is 18.3. The van der Waals surface area contributed by atoms with E-state index in [0.717, 1.165) is 24.3 Å². The van der Waals surface area contributed by atoms with Gasteiger partial charge in [-0.1, -0.05) is 147 Å². The first kappa shape index (κ1) is 31.6. The van der Waals surface area contributed by atoms with Gasteiger partial charge in [-0.2, -0.15) is 0 Å². The largest absolute Gasteiger partial charge is 0.463 e. The highest BCUT2D eigenvalue weighted by Gasteiger charge is 2.19. The van der Waals surface area contributed by atoms with Gasteiger partial charge in [-0.05, 0) is 43.0 Å². The second kappa shape index (κ2) is 22.4. The average molecular weight is 529 g/mol. The number of rotatable bonds is 24. The van der Waals surface area contributed by atoms with Crippen molar-refractivity contribution in [3.63, 3.8) is 0 Å². The highest BCUT2D eigenvalue weighted by molar-refractivity contribution is 7.42. The molecule has 0 heterocycles. The summed E-state index contributed by atoms with van der Waals surface area (Å²) in [6.45, 7) is 5.23. The Hall–Kier alpha value is -1.57. The van der Waals surface area contributed by atoms with E-state index in [-0.39, 0.29) is 0 Å². The first-order valence-electron chi connectivity index (χ1n) is 15.3. The Morgan fingerprint density at radius 1 is 0.514 bits per heavy atom. The molecule has 0 bridgehead atoms. The third-order valence-corrected chi connectivity index (χ3v) is 7.91. The van der Waals surface area contributed by atoms with Crippen LogP contribution in [0.3, 0.4) is 0 Å². The van der Waals surface area contributed by atoms with Gasteiger partial charge in [-0.25, -0.2) is 0 Å². The molecule has 208 valence electrons. The molecule has 0 spiro atoms. The number of para-hydroxylation sites is 2. The maximum Gasteiger partial charge on any atom is 0.463 e. The third kappa shape index (κ3) is 16.1.